The van der Waals surface area contributed by atoms with Crippen molar-refractivity contribution in [3.63, 3.8) is 0 Å². The van der Waals surface area contributed by atoms with Gasteiger partial charge in [-0.2, -0.15) is 0 Å². The number of hydrogen-bond donors (Lipinski definition) is 2. The number of rotatable bonds is 1. The molecule has 0 unspecified atom stereocenters. The maximum atomic E-state index is 11.2. The molecule has 5 heteroatoms. The number of carbonyl (C=O) groups excluding carboxylic acids is 1. The van der Waals surface area contributed by atoms with Crippen molar-refractivity contribution in [2.45, 2.75) is 30.4 Å². The molecule has 0 saturated heterocycles. The Bertz CT molecular complexity index is 466. The number of anilines is 2. The van der Waals surface area contributed by atoms with Crippen LogP contribution in [-0.2, 0) is 4.79 Å². The Kier molecular flexibility index (Phi) is 2.95. The van der Waals surface area contributed by atoms with Crippen LogP contribution in [0.4, 0.5) is 11.4 Å². The van der Waals surface area contributed by atoms with E-state index in [9.17, 15) is 4.79 Å². The van der Waals surface area contributed by atoms with Gasteiger partial charge >= 0.3 is 0 Å². The zero-order chi connectivity index (χ0) is 12.6. The molecule has 0 fully saturated rings. The molecular weight excluding hydrogens is 236 g/mol. The third kappa shape index (κ3) is 2.85. The number of nitrogen functional groups attached to an aromatic ring is 1. The van der Waals surface area contributed by atoms with Crippen molar-refractivity contribution in [1.29, 1.82) is 0 Å². The summed E-state index contributed by atoms with van der Waals surface area (Å²) in [7, 11) is 0. The highest BCUT2D eigenvalue weighted by Crippen LogP contribution is 2.41. The Morgan fingerprint density at radius 2 is 2.12 bits per heavy atom. The molecule has 1 amide bonds. The summed E-state index contributed by atoms with van der Waals surface area (Å²) in [6.45, 7) is 6.40. The smallest absolute Gasteiger partial charge is 0.262 e. The van der Waals surface area contributed by atoms with Crippen molar-refractivity contribution in [2.75, 3.05) is 17.7 Å². The number of benzene rings is 1. The first kappa shape index (κ1) is 12.1. The van der Waals surface area contributed by atoms with E-state index in [0.717, 1.165) is 4.90 Å². The number of nitrogens with one attached hydrogen (secondary N) is 1. The van der Waals surface area contributed by atoms with Crippen molar-refractivity contribution in [2.24, 2.45) is 0 Å². The van der Waals surface area contributed by atoms with Gasteiger partial charge in [0.1, 0.15) is 5.75 Å². The summed E-state index contributed by atoms with van der Waals surface area (Å²) in [6, 6.07) is 3.64. The van der Waals surface area contributed by atoms with Gasteiger partial charge in [-0.3, -0.25) is 4.79 Å². The first-order valence-corrected chi connectivity index (χ1v) is 6.22. The Hall–Kier alpha value is -1.36. The molecule has 2 rings (SSSR count). The Labute approximate surface area is 105 Å². The van der Waals surface area contributed by atoms with Gasteiger partial charge in [-0.05, 0) is 6.07 Å². The van der Waals surface area contributed by atoms with Gasteiger partial charge in [0.05, 0.1) is 5.69 Å². The van der Waals surface area contributed by atoms with Crippen molar-refractivity contribution in [3.8, 4) is 5.75 Å². The van der Waals surface area contributed by atoms with Crippen LogP contribution >= 0.6 is 11.8 Å². The molecule has 0 spiro atoms. The molecule has 4 nitrogen and oxygen atoms in total. The fraction of sp³-hybridized carbons (Fsp3) is 0.417. The van der Waals surface area contributed by atoms with Gasteiger partial charge in [0, 0.05) is 21.4 Å². The molecule has 1 aromatic rings. The molecule has 0 saturated carbocycles. The number of hydrogen-bond acceptors (Lipinski definition) is 4. The van der Waals surface area contributed by atoms with E-state index in [2.05, 4.69) is 26.1 Å². The van der Waals surface area contributed by atoms with Gasteiger partial charge < -0.3 is 15.8 Å². The predicted molar refractivity (Wildman–Crippen MR) is 70.6 cm³/mol. The lowest BCUT2D eigenvalue weighted by molar-refractivity contribution is -0.118. The van der Waals surface area contributed by atoms with Crippen LogP contribution in [0.15, 0.2) is 17.0 Å². The molecule has 1 heterocycles. The Morgan fingerprint density at radius 1 is 1.41 bits per heavy atom. The normalized spacial score (nSPS) is 14.9. The Morgan fingerprint density at radius 3 is 2.76 bits per heavy atom. The first-order chi connectivity index (χ1) is 7.85. The lowest BCUT2D eigenvalue weighted by Crippen LogP contribution is -2.25. The summed E-state index contributed by atoms with van der Waals surface area (Å²) in [5.41, 5.74) is 7.35. The summed E-state index contributed by atoms with van der Waals surface area (Å²) in [6.07, 6.45) is 0. The van der Waals surface area contributed by atoms with Crippen LogP contribution in [0.2, 0.25) is 0 Å². The van der Waals surface area contributed by atoms with E-state index in [1.54, 1.807) is 17.8 Å². The number of carbonyl (C=O) groups is 1. The minimum Gasteiger partial charge on any atom is -0.482 e. The van der Waals surface area contributed by atoms with E-state index in [1.807, 2.05) is 6.07 Å². The second-order valence-electron chi connectivity index (χ2n) is 4.94. The second kappa shape index (κ2) is 4.14. The minimum absolute atomic E-state index is 0.0538. The van der Waals surface area contributed by atoms with Gasteiger partial charge in [-0.15, -0.1) is 11.8 Å². The van der Waals surface area contributed by atoms with E-state index in [4.69, 9.17) is 10.5 Å². The van der Waals surface area contributed by atoms with Crippen molar-refractivity contribution >= 4 is 29.0 Å². The lowest BCUT2D eigenvalue weighted by Gasteiger charge is -2.23. The topological polar surface area (TPSA) is 64.3 Å². The largest absolute Gasteiger partial charge is 0.482 e. The van der Waals surface area contributed by atoms with E-state index in [0.29, 0.717) is 17.1 Å². The van der Waals surface area contributed by atoms with Crippen LogP contribution in [0.5, 0.6) is 5.75 Å². The highest BCUT2D eigenvalue weighted by molar-refractivity contribution is 8.00. The van der Waals surface area contributed by atoms with E-state index in [1.165, 1.54) is 0 Å². The van der Waals surface area contributed by atoms with Gasteiger partial charge in [0.15, 0.2) is 6.61 Å². The molecule has 1 aliphatic heterocycles. The standard InChI is InChI=1S/C12H16N2O2S/c1-12(2,3)17-10-5-8-9(4-7(10)13)16-6-11(15)14-8/h4-5H,6,13H2,1-3H3,(H,14,15). The summed E-state index contributed by atoms with van der Waals surface area (Å²) in [4.78, 5) is 12.2. The molecule has 92 valence electrons. The highest BCUT2D eigenvalue weighted by atomic mass is 32.2. The van der Waals surface area contributed by atoms with Gasteiger partial charge in [-0.1, -0.05) is 20.8 Å². The molecule has 3 N–H and O–H groups in total. The van der Waals surface area contributed by atoms with Crippen LogP contribution in [0.1, 0.15) is 20.8 Å². The number of nitrogens with two attached hydrogens (primary N) is 1. The van der Waals surface area contributed by atoms with E-state index in [-0.39, 0.29) is 17.3 Å². The van der Waals surface area contributed by atoms with Crippen LogP contribution < -0.4 is 15.8 Å². The van der Waals surface area contributed by atoms with Gasteiger partial charge in [0.25, 0.3) is 5.91 Å². The molecular formula is C12H16N2O2S. The first-order valence-electron chi connectivity index (χ1n) is 5.40. The number of thioether (sulfide) groups is 1. The highest BCUT2D eigenvalue weighted by Gasteiger charge is 2.20. The van der Waals surface area contributed by atoms with Gasteiger partial charge in [-0.25, -0.2) is 0 Å². The average Bonchev–Trinajstić information content (AvgIpc) is 2.17. The Balaban J connectivity index is 2.35. The van der Waals surface area contributed by atoms with Gasteiger partial charge in [0.2, 0.25) is 0 Å². The number of ether oxygens (including phenoxy) is 1. The maximum absolute atomic E-state index is 11.2. The predicted octanol–water partition coefficient (Wildman–Crippen LogP) is 2.49. The SMILES string of the molecule is CC(C)(C)Sc1cc2c(cc1N)OCC(=O)N2. The summed E-state index contributed by atoms with van der Waals surface area (Å²) in [5, 5.41) is 2.78. The van der Waals surface area contributed by atoms with Crippen molar-refractivity contribution in [3.05, 3.63) is 12.1 Å². The zero-order valence-corrected chi connectivity index (χ0v) is 11.0. The third-order valence-corrected chi connectivity index (χ3v) is 3.35. The van der Waals surface area contributed by atoms with Crippen LogP contribution in [0, 0.1) is 0 Å². The van der Waals surface area contributed by atoms with Crippen LogP contribution in [-0.4, -0.2) is 17.3 Å². The molecule has 0 aliphatic carbocycles. The fourth-order valence-electron chi connectivity index (χ4n) is 1.54. The third-order valence-electron chi connectivity index (χ3n) is 2.16. The molecule has 0 atom stereocenters. The summed E-state index contributed by atoms with van der Waals surface area (Å²) in [5.74, 6) is 0.509. The molecule has 1 aliphatic rings. The second-order valence-corrected chi connectivity index (χ2v) is 6.81. The van der Waals surface area contributed by atoms with E-state index >= 15 is 0 Å². The van der Waals surface area contributed by atoms with Crippen molar-refractivity contribution < 1.29 is 9.53 Å². The summed E-state index contributed by atoms with van der Waals surface area (Å²) < 4.78 is 5.37. The molecule has 0 bridgehead atoms. The lowest BCUT2D eigenvalue weighted by atomic mass is 10.2. The minimum atomic E-state index is -0.131. The summed E-state index contributed by atoms with van der Waals surface area (Å²) >= 11 is 1.67. The number of fused-ring (bicyclic) bond motifs is 1. The number of amides is 1. The average molecular weight is 252 g/mol. The zero-order valence-electron chi connectivity index (χ0n) is 10.2. The maximum Gasteiger partial charge on any atom is 0.262 e. The van der Waals surface area contributed by atoms with E-state index < -0.39 is 0 Å². The van der Waals surface area contributed by atoms with Crippen LogP contribution in [0.25, 0.3) is 0 Å². The molecule has 0 aromatic heterocycles. The quantitative estimate of drug-likeness (QED) is 0.595. The molecule has 17 heavy (non-hydrogen) atoms. The molecule has 0 radical (unpaired) electrons. The van der Waals surface area contributed by atoms with Crippen molar-refractivity contribution in [1.82, 2.24) is 0 Å². The fourth-order valence-corrected chi connectivity index (χ4v) is 2.55. The monoisotopic (exact) mass is 252 g/mol. The van der Waals surface area contributed by atoms with Crippen LogP contribution in [0.3, 0.4) is 0 Å². The molecule has 1 aromatic carbocycles.